The first kappa shape index (κ1) is 15.6. The Morgan fingerprint density at radius 2 is 2.04 bits per heavy atom. The van der Waals surface area contributed by atoms with Gasteiger partial charge >= 0.3 is 0 Å². The Kier molecular flexibility index (Phi) is 4.02. The van der Waals surface area contributed by atoms with Crippen molar-refractivity contribution in [3.05, 3.63) is 59.9 Å². The van der Waals surface area contributed by atoms with Crippen LogP contribution in [0, 0.1) is 11.8 Å². The van der Waals surface area contributed by atoms with Crippen molar-refractivity contribution in [1.29, 1.82) is 0 Å². The minimum atomic E-state index is -0.776. The molecule has 1 saturated heterocycles. The quantitative estimate of drug-likeness (QED) is 0.939. The third kappa shape index (κ3) is 2.60. The molecule has 126 valence electrons. The second-order valence-corrected chi connectivity index (χ2v) is 7.05. The van der Waals surface area contributed by atoms with Crippen molar-refractivity contribution >= 4 is 0 Å². The lowest BCUT2D eigenvalue weighted by Gasteiger charge is -2.29. The van der Waals surface area contributed by atoms with Gasteiger partial charge in [-0.1, -0.05) is 24.3 Å². The third-order valence-corrected chi connectivity index (χ3v) is 5.72. The molecule has 4 rings (SSSR count). The van der Waals surface area contributed by atoms with E-state index >= 15 is 0 Å². The van der Waals surface area contributed by atoms with Crippen LogP contribution in [0.1, 0.15) is 24.1 Å². The van der Waals surface area contributed by atoms with Crippen LogP contribution in [0.3, 0.4) is 0 Å². The Morgan fingerprint density at radius 3 is 2.83 bits per heavy atom. The first-order valence-corrected chi connectivity index (χ1v) is 8.69. The molecule has 2 heterocycles. The van der Waals surface area contributed by atoms with Gasteiger partial charge in [0.25, 0.3) is 0 Å². The van der Waals surface area contributed by atoms with Gasteiger partial charge in [-0.05, 0) is 37.0 Å². The molecule has 3 atom stereocenters. The van der Waals surface area contributed by atoms with Crippen molar-refractivity contribution in [2.24, 2.45) is 11.8 Å². The molecule has 0 amide bonds. The number of hydrogen-bond donors (Lipinski definition) is 1. The second kappa shape index (κ2) is 6.19. The maximum atomic E-state index is 11.3. The molecule has 1 N–H and O–H groups in total. The van der Waals surface area contributed by atoms with Crippen LogP contribution in [-0.2, 0) is 12.1 Å². The van der Waals surface area contributed by atoms with Gasteiger partial charge in [-0.25, -0.2) is 0 Å². The Morgan fingerprint density at radius 1 is 1.21 bits per heavy atom. The number of benzene rings is 1. The molecule has 1 aliphatic carbocycles. The summed E-state index contributed by atoms with van der Waals surface area (Å²) in [7, 11) is 1.72. The van der Waals surface area contributed by atoms with Crippen molar-refractivity contribution in [2.75, 3.05) is 20.2 Å². The van der Waals surface area contributed by atoms with E-state index < -0.39 is 5.60 Å². The average molecular weight is 324 g/mol. The van der Waals surface area contributed by atoms with E-state index in [0.29, 0.717) is 5.92 Å². The molecule has 2 aromatic rings. The van der Waals surface area contributed by atoms with E-state index in [1.807, 2.05) is 30.3 Å². The van der Waals surface area contributed by atoms with E-state index in [1.165, 1.54) is 5.56 Å². The number of nitrogens with zero attached hydrogens (tertiary/aromatic N) is 2. The third-order valence-electron chi connectivity index (χ3n) is 5.72. The number of para-hydroxylation sites is 1. The molecule has 1 aromatic carbocycles. The molecule has 4 heteroatoms. The highest BCUT2D eigenvalue weighted by Crippen LogP contribution is 2.50. The van der Waals surface area contributed by atoms with Crippen molar-refractivity contribution in [3.63, 3.8) is 0 Å². The number of likely N-dealkylation sites (tertiary alicyclic amines) is 1. The predicted octanol–water partition coefficient (Wildman–Crippen LogP) is 2.82. The second-order valence-electron chi connectivity index (χ2n) is 7.05. The van der Waals surface area contributed by atoms with Crippen molar-refractivity contribution in [1.82, 2.24) is 9.88 Å². The van der Waals surface area contributed by atoms with Crippen LogP contribution in [-0.4, -0.2) is 35.2 Å². The monoisotopic (exact) mass is 324 g/mol. The van der Waals surface area contributed by atoms with Crippen LogP contribution in [0.5, 0.6) is 5.75 Å². The van der Waals surface area contributed by atoms with E-state index in [2.05, 4.69) is 22.0 Å². The largest absolute Gasteiger partial charge is 0.496 e. The van der Waals surface area contributed by atoms with Gasteiger partial charge in [-0.2, -0.15) is 0 Å². The molecule has 1 aromatic heterocycles. The van der Waals surface area contributed by atoms with Crippen LogP contribution in [0.2, 0.25) is 0 Å². The molecule has 0 radical (unpaired) electrons. The number of methoxy groups -OCH3 is 1. The first-order chi connectivity index (χ1) is 11.7. The molecule has 1 saturated carbocycles. The Labute approximate surface area is 143 Å². The smallest absolute Gasteiger partial charge is 0.123 e. The number of ether oxygens (including phenoxy) is 1. The fourth-order valence-electron chi connectivity index (χ4n) is 4.53. The van der Waals surface area contributed by atoms with Crippen LogP contribution in [0.25, 0.3) is 0 Å². The van der Waals surface area contributed by atoms with Crippen molar-refractivity contribution < 1.29 is 9.84 Å². The van der Waals surface area contributed by atoms with Gasteiger partial charge in [0, 0.05) is 37.3 Å². The molecular formula is C20H24N2O2. The SMILES string of the molecule is COc1ccccc1CN1C[C@@H]2CC[C@@](O)(c3ccccn3)[C@@H]2C1. The lowest BCUT2D eigenvalue weighted by molar-refractivity contribution is -0.0108. The van der Waals surface area contributed by atoms with Crippen LogP contribution < -0.4 is 4.74 Å². The Bertz CT molecular complexity index is 706. The first-order valence-electron chi connectivity index (χ1n) is 8.69. The maximum Gasteiger partial charge on any atom is 0.123 e. The molecule has 0 bridgehead atoms. The summed E-state index contributed by atoms with van der Waals surface area (Å²) in [6.07, 6.45) is 3.67. The zero-order valence-electron chi connectivity index (χ0n) is 14.1. The molecule has 4 nitrogen and oxygen atoms in total. The van der Waals surface area contributed by atoms with E-state index in [4.69, 9.17) is 4.74 Å². The summed E-state index contributed by atoms with van der Waals surface area (Å²) in [5.74, 6) is 1.75. The number of hydrogen-bond acceptors (Lipinski definition) is 4. The molecule has 2 aliphatic rings. The number of pyridine rings is 1. The van der Waals surface area contributed by atoms with Gasteiger partial charge in [-0.3, -0.25) is 9.88 Å². The zero-order valence-corrected chi connectivity index (χ0v) is 14.1. The van der Waals surface area contributed by atoms with Gasteiger partial charge in [0.15, 0.2) is 0 Å². The average Bonchev–Trinajstić information content (AvgIpc) is 3.17. The minimum absolute atomic E-state index is 0.266. The van der Waals surface area contributed by atoms with Crippen molar-refractivity contribution in [2.45, 2.75) is 25.0 Å². The van der Waals surface area contributed by atoms with E-state index in [9.17, 15) is 5.11 Å². The summed E-state index contributed by atoms with van der Waals surface area (Å²) in [6.45, 7) is 2.82. The predicted molar refractivity (Wildman–Crippen MR) is 92.6 cm³/mol. The zero-order chi connectivity index (χ0) is 16.6. The Balaban J connectivity index is 1.52. The topological polar surface area (TPSA) is 45.6 Å². The summed E-state index contributed by atoms with van der Waals surface area (Å²) in [4.78, 5) is 6.89. The summed E-state index contributed by atoms with van der Waals surface area (Å²) >= 11 is 0. The number of fused-ring (bicyclic) bond motifs is 1. The van der Waals surface area contributed by atoms with Gasteiger partial charge in [0.1, 0.15) is 11.4 Å². The van der Waals surface area contributed by atoms with E-state index in [1.54, 1.807) is 13.3 Å². The standard InChI is InChI=1S/C20H24N2O2/c1-24-18-7-3-2-6-16(18)13-22-12-15-9-10-20(23,17(15)14-22)19-8-4-5-11-21-19/h2-8,11,15,17,23H,9-10,12-14H2,1H3/t15-,17+,20-/m0/s1. The highest BCUT2D eigenvalue weighted by Gasteiger charge is 2.52. The lowest BCUT2D eigenvalue weighted by Crippen LogP contribution is -2.35. The minimum Gasteiger partial charge on any atom is -0.496 e. The molecule has 0 unspecified atom stereocenters. The van der Waals surface area contributed by atoms with Gasteiger partial charge in [0.2, 0.25) is 0 Å². The highest BCUT2D eigenvalue weighted by atomic mass is 16.5. The summed E-state index contributed by atoms with van der Waals surface area (Å²) in [6, 6.07) is 14.0. The van der Waals surface area contributed by atoms with E-state index in [-0.39, 0.29) is 5.92 Å². The Hall–Kier alpha value is -1.91. The van der Waals surface area contributed by atoms with Gasteiger partial charge in [0.05, 0.1) is 12.8 Å². The molecule has 0 spiro atoms. The maximum absolute atomic E-state index is 11.3. The fourth-order valence-corrected chi connectivity index (χ4v) is 4.53. The summed E-state index contributed by atoms with van der Waals surface area (Å²) in [5, 5.41) is 11.3. The molecule has 2 fully saturated rings. The van der Waals surface area contributed by atoms with E-state index in [0.717, 1.165) is 43.9 Å². The van der Waals surface area contributed by atoms with Crippen LogP contribution >= 0.6 is 0 Å². The number of aromatic nitrogens is 1. The number of rotatable bonds is 4. The van der Waals surface area contributed by atoms with Crippen LogP contribution in [0.15, 0.2) is 48.7 Å². The fraction of sp³-hybridized carbons (Fsp3) is 0.450. The van der Waals surface area contributed by atoms with Gasteiger partial charge in [-0.15, -0.1) is 0 Å². The summed E-state index contributed by atoms with van der Waals surface area (Å²) < 4.78 is 5.47. The van der Waals surface area contributed by atoms with Gasteiger partial charge < -0.3 is 9.84 Å². The molecule has 24 heavy (non-hydrogen) atoms. The normalized spacial score (nSPS) is 29.6. The molecular weight excluding hydrogens is 300 g/mol. The number of aliphatic hydroxyl groups is 1. The molecule has 1 aliphatic heterocycles. The highest BCUT2D eigenvalue weighted by molar-refractivity contribution is 5.33. The summed E-state index contributed by atoms with van der Waals surface area (Å²) in [5.41, 5.74) is 1.26. The lowest BCUT2D eigenvalue weighted by atomic mass is 9.85. The van der Waals surface area contributed by atoms with Crippen molar-refractivity contribution in [3.8, 4) is 5.75 Å². The van der Waals surface area contributed by atoms with Crippen LogP contribution in [0.4, 0.5) is 0 Å².